The molecule has 2 heterocycles. The third-order valence-electron chi connectivity index (χ3n) is 3.56. The summed E-state index contributed by atoms with van der Waals surface area (Å²) in [6.07, 6.45) is 3.57. The summed E-state index contributed by atoms with van der Waals surface area (Å²) in [6, 6.07) is 8.60. The predicted octanol–water partition coefficient (Wildman–Crippen LogP) is 1.79. The largest absolute Gasteiger partial charge is 0.356 e. The van der Waals surface area contributed by atoms with Crippen molar-refractivity contribution >= 4 is 22.4 Å². The fourth-order valence-corrected chi connectivity index (χ4v) is 3.77. The van der Waals surface area contributed by atoms with Crippen LogP contribution in [0.3, 0.4) is 0 Å². The van der Waals surface area contributed by atoms with Crippen molar-refractivity contribution in [2.24, 2.45) is 0 Å². The third kappa shape index (κ3) is 3.67. The highest BCUT2D eigenvalue weighted by atomic mass is 35.5. The summed E-state index contributed by atoms with van der Waals surface area (Å²) in [7, 11) is -3.58. The second-order valence-electron chi connectivity index (χ2n) is 5.02. The van der Waals surface area contributed by atoms with Gasteiger partial charge < -0.3 is 9.84 Å². The van der Waals surface area contributed by atoms with Gasteiger partial charge in [0, 0.05) is 24.2 Å². The molecule has 0 spiro atoms. The van der Waals surface area contributed by atoms with Gasteiger partial charge in [-0.05, 0) is 31.5 Å². The van der Waals surface area contributed by atoms with Crippen molar-refractivity contribution in [3.8, 4) is 11.3 Å². The standard InChI is InChI=1S/C14H17N3O3S.ClH/c18-21(19,17-10-11-4-3-8-15-11)14-6-2-1-5-12(14)13-7-9-16-20-13;/h1-2,5-7,9,11,15,17H,3-4,8,10H2;1H. The Kier molecular flexibility index (Phi) is 5.57. The summed E-state index contributed by atoms with van der Waals surface area (Å²) in [5.74, 6) is 0.440. The molecule has 1 aliphatic heterocycles. The van der Waals surface area contributed by atoms with Crippen LogP contribution in [0, 0.1) is 0 Å². The predicted molar refractivity (Wildman–Crippen MR) is 85.4 cm³/mol. The Bertz CT molecular complexity index is 698. The van der Waals surface area contributed by atoms with Crippen LogP contribution in [0.2, 0.25) is 0 Å². The normalized spacial score (nSPS) is 18.1. The zero-order chi connectivity index (χ0) is 14.7. The molecule has 0 radical (unpaired) electrons. The highest BCUT2D eigenvalue weighted by Crippen LogP contribution is 2.26. The minimum absolute atomic E-state index is 0. The smallest absolute Gasteiger partial charge is 0.241 e. The van der Waals surface area contributed by atoms with E-state index in [4.69, 9.17) is 4.52 Å². The summed E-state index contributed by atoms with van der Waals surface area (Å²) in [4.78, 5) is 0.208. The highest BCUT2D eigenvalue weighted by Gasteiger charge is 2.22. The van der Waals surface area contributed by atoms with E-state index in [9.17, 15) is 8.42 Å². The maximum Gasteiger partial charge on any atom is 0.241 e. The summed E-state index contributed by atoms with van der Waals surface area (Å²) in [6.45, 7) is 1.34. The summed E-state index contributed by atoms with van der Waals surface area (Å²) in [5, 5.41) is 6.90. The van der Waals surface area contributed by atoms with Gasteiger partial charge in [-0.15, -0.1) is 12.4 Å². The minimum atomic E-state index is -3.58. The SMILES string of the molecule is Cl.O=S(=O)(NCC1CCCN1)c1ccccc1-c1ccno1. The molecule has 0 saturated carbocycles. The first-order valence-electron chi connectivity index (χ1n) is 6.90. The van der Waals surface area contributed by atoms with Crippen LogP contribution in [0.5, 0.6) is 0 Å². The van der Waals surface area contributed by atoms with Gasteiger partial charge in [0.15, 0.2) is 5.76 Å². The zero-order valence-electron chi connectivity index (χ0n) is 11.9. The van der Waals surface area contributed by atoms with Gasteiger partial charge in [-0.25, -0.2) is 13.1 Å². The molecule has 1 atom stereocenters. The number of hydrogen-bond acceptors (Lipinski definition) is 5. The van der Waals surface area contributed by atoms with Gasteiger partial charge in [0.25, 0.3) is 0 Å². The molecule has 0 amide bonds. The van der Waals surface area contributed by atoms with E-state index in [1.807, 2.05) is 0 Å². The fourth-order valence-electron chi connectivity index (χ4n) is 2.48. The van der Waals surface area contributed by atoms with Crippen LogP contribution in [0.15, 0.2) is 45.9 Å². The van der Waals surface area contributed by atoms with Gasteiger partial charge in [0.1, 0.15) is 0 Å². The van der Waals surface area contributed by atoms with Gasteiger partial charge in [0.2, 0.25) is 10.0 Å². The summed E-state index contributed by atoms with van der Waals surface area (Å²) in [5.41, 5.74) is 0.516. The Morgan fingerprint density at radius 2 is 2.14 bits per heavy atom. The van der Waals surface area contributed by atoms with E-state index >= 15 is 0 Å². The summed E-state index contributed by atoms with van der Waals surface area (Å²) < 4.78 is 32.8. The number of sulfonamides is 1. The maximum atomic E-state index is 12.5. The maximum absolute atomic E-state index is 12.5. The molecule has 0 aliphatic carbocycles. The van der Waals surface area contributed by atoms with E-state index < -0.39 is 10.0 Å². The van der Waals surface area contributed by atoms with Gasteiger partial charge in [0.05, 0.1) is 11.1 Å². The van der Waals surface area contributed by atoms with Crippen LogP contribution in [-0.2, 0) is 10.0 Å². The number of aromatic nitrogens is 1. The molecule has 3 rings (SSSR count). The molecule has 22 heavy (non-hydrogen) atoms. The average Bonchev–Trinajstić information content (AvgIpc) is 3.19. The van der Waals surface area contributed by atoms with Crippen LogP contribution in [0.25, 0.3) is 11.3 Å². The Labute approximate surface area is 135 Å². The van der Waals surface area contributed by atoms with Crippen LogP contribution in [0.1, 0.15) is 12.8 Å². The van der Waals surface area contributed by atoms with Crippen molar-refractivity contribution in [1.82, 2.24) is 15.2 Å². The van der Waals surface area contributed by atoms with Crippen LogP contribution in [0.4, 0.5) is 0 Å². The number of nitrogens with zero attached hydrogens (tertiary/aromatic N) is 1. The molecule has 1 aliphatic rings. The van der Waals surface area contributed by atoms with Crippen molar-refractivity contribution in [1.29, 1.82) is 0 Å². The number of benzene rings is 1. The Morgan fingerprint density at radius 1 is 1.32 bits per heavy atom. The Hall–Kier alpha value is -1.41. The van der Waals surface area contributed by atoms with Crippen molar-refractivity contribution in [2.45, 2.75) is 23.8 Å². The van der Waals surface area contributed by atoms with Crippen molar-refractivity contribution in [3.05, 3.63) is 36.5 Å². The summed E-state index contributed by atoms with van der Waals surface area (Å²) >= 11 is 0. The van der Waals surface area contributed by atoms with E-state index in [1.165, 1.54) is 6.20 Å². The first-order valence-corrected chi connectivity index (χ1v) is 8.38. The lowest BCUT2D eigenvalue weighted by molar-refractivity contribution is 0.431. The number of halogens is 1. The first kappa shape index (κ1) is 17.0. The second kappa shape index (κ2) is 7.23. The molecular formula is C14H18ClN3O3S. The Morgan fingerprint density at radius 3 is 2.82 bits per heavy atom. The first-order chi connectivity index (χ1) is 10.2. The van der Waals surface area contributed by atoms with Gasteiger partial charge in [-0.2, -0.15) is 0 Å². The molecule has 1 aromatic heterocycles. The molecular weight excluding hydrogens is 326 g/mol. The third-order valence-corrected chi connectivity index (χ3v) is 5.04. The molecule has 8 heteroatoms. The molecule has 1 saturated heterocycles. The molecule has 1 aromatic carbocycles. The molecule has 120 valence electrons. The molecule has 1 fully saturated rings. The van der Waals surface area contributed by atoms with Gasteiger partial charge in [-0.1, -0.05) is 17.3 Å². The molecule has 0 bridgehead atoms. The highest BCUT2D eigenvalue weighted by molar-refractivity contribution is 7.89. The lowest BCUT2D eigenvalue weighted by Gasteiger charge is -2.13. The quantitative estimate of drug-likeness (QED) is 0.864. The van der Waals surface area contributed by atoms with Crippen LogP contribution >= 0.6 is 12.4 Å². The Balaban J connectivity index is 0.00000176. The zero-order valence-corrected chi connectivity index (χ0v) is 13.5. The molecule has 1 unspecified atom stereocenters. The van der Waals surface area contributed by atoms with E-state index in [2.05, 4.69) is 15.2 Å². The van der Waals surface area contributed by atoms with E-state index in [1.54, 1.807) is 30.3 Å². The van der Waals surface area contributed by atoms with Gasteiger partial charge >= 0.3 is 0 Å². The number of hydrogen-bond donors (Lipinski definition) is 2. The van der Waals surface area contributed by atoms with Gasteiger partial charge in [-0.3, -0.25) is 0 Å². The second-order valence-corrected chi connectivity index (χ2v) is 6.75. The van der Waals surface area contributed by atoms with E-state index in [0.29, 0.717) is 17.9 Å². The minimum Gasteiger partial charge on any atom is -0.356 e. The topological polar surface area (TPSA) is 84.2 Å². The molecule has 2 aromatic rings. The number of rotatable bonds is 5. The number of nitrogens with one attached hydrogen (secondary N) is 2. The van der Waals surface area contributed by atoms with Crippen molar-refractivity contribution in [2.75, 3.05) is 13.1 Å². The van der Waals surface area contributed by atoms with Crippen LogP contribution < -0.4 is 10.0 Å². The van der Waals surface area contributed by atoms with Crippen molar-refractivity contribution in [3.63, 3.8) is 0 Å². The lowest BCUT2D eigenvalue weighted by Crippen LogP contribution is -2.37. The fraction of sp³-hybridized carbons (Fsp3) is 0.357. The molecule has 6 nitrogen and oxygen atoms in total. The average molecular weight is 344 g/mol. The monoisotopic (exact) mass is 343 g/mol. The van der Waals surface area contributed by atoms with E-state index in [0.717, 1.165) is 19.4 Å². The van der Waals surface area contributed by atoms with Crippen LogP contribution in [-0.4, -0.2) is 32.7 Å². The van der Waals surface area contributed by atoms with E-state index in [-0.39, 0.29) is 23.3 Å². The van der Waals surface area contributed by atoms with Crippen molar-refractivity contribution < 1.29 is 12.9 Å². The lowest BCUT2D eigenvalue weighted by atomic mass is 10.2. The molecule has 2 N–H and O–H groups in total.